The van der Waals surface area contributed by atoms with Crippen LogP contribution in [0.5, 0.6) is 0 Å². The summed E-state index contributed by atoms with van der Waals surface area (Å²) in [7, 11) is -0.583. The highest BCUT2D eigenvalue weighted by Gasteiger charge is 2.20. The third kappa shape index (κ3) is 4.13. The third-order valence-electron chi connectivity index (χ3n) is 3.95. The molecule has 1 amide bonds. The van der Waals surface area contributed by atoms with Crippen molar-refractivity contribution in [2.24, 2.45) is 0 Å². The summed E-state index contributed by atoms with van der Waals surface area (Å²) in [6, 6.07) is 6.08. The Hall–Kier alpha value is -2.61. The maximum Gasteiger partial charge on any atom is 0.341 e. The van der Waals surface area contributed by atoms with Gasteiger partial charge in [-0.1, -0.05) is 6.07 Å². The van der Waals surface area contributed by atoms with Gasteiger partial charge in [0.2, 0.25) is 0 Å². The van der Waals surface area contributed by atoms with Crippen LogP contribution in [0.2, 0.25) is 0 Å². The molecule has 0 fully saturated rings. The first-order chi connectivity index (χ1) is 12.0. The van der Waals surface area contributed by atoms with E-state index in [1.165, 1.54) is 24.1 Å². The van der Waals surface area contributed by atoms with E-state index in [4.69, 9.17) is 4.42 Å². The maximum absolute atomic E-state index is 12.6. The molecule has 1 aromatic heterocycles. The van der Waals surface area contributed by atoms with Crippen molar-refractivity contribution in [2.75, 3.05) is 20.4 Å². The molecular weight excluding hydrogens is 358 g/mol. The molecule has 2 rings (SSSR count). The van der Waals surface area contributed by atoms with Crippen LogP contribution in [0.15, 0.2) is 33.6 Å². The van der Waals surface area contributed by atoms with E-state index in [9.17, 15) is 18.0 Å². The number of methoxy groups -OCH3 is 1. The monoisotopic (exact) mass is 379 g/mol. The van der Waals surface area contributed by atoms with E-state index in [1.807, 2.05) is 0 Å². The molecule has 0 atom stereocenters. The van der Waals surface area contributed by atoms with Gasteiger partial charge < -0.3 is 14.1 Å². The van der Waals surface area contributed by atoms with Crippen LogP contribution in [0.4, 0.5) is 0 Å². The molecule has 0 saturated carbocycles. The van der Waals surface area contributed by atoms with E-state index in [1.54, 1.807) is 33.0 Å². The lowest BCUT2D eigenvalue weighted by Crippen LogP contribution is -2.26. The van der Waals surface area contributed by atoms with Crippen molar-refractivity contribution in [3.05, 3.63) is 52.5 Å². The van der Waals surface area contributed by atoms with Gasteiger partial charge in [-0.05, 0) is 37.6 Å². The minimum atomic E-state index is -3.43. The van der Waals surface area contributed by atoms with Crippen LogP contribution < -0.4 is 0 Å². The summed E-state index contributed by atoms with van der Waals surface area (Å²) < 4.78 is 33.8. The molecule has 1 heterocycles. The van der Waals surface area contributed by atoms with Gasteiger partial charge in [0.1, 0.15) is 17.1 Å². The van der Waals surface area contributed by atoms with E-state index < -0.39 is 15.8 Å². The number of hydrogen-bond donors (Lipinski definition) is 0. The Morgan fingerprint density at radius 1 is 1.19 bits per heavy atom. The Labute approximate surface area is 152 Å². The van der Waals surface area contributed by atoms with Crippen LogP contribution in [-0.4, -0.2) is 45.6 Å². The molecule has 0 bridgehead atoms. The van der Waals surface area contributed by atoms with Gasteiger partial charge in [0.15, 0.2) is 9.84 Å². The average Bonchev–Trinajstić information content (AvgIpc) is 2.93. The van der Waals surface area contributed by atoms with Crippen molar-refractivity contribution in [3.63, 3.8) is 0 Å². The van der Waals surface area contributed by atoms with Crippen LogP contribution in [0.25, 0.3) is 0 Å². The second-order valence-electron chi connectivity index (χ2n) is 6.09. The smallest absolute Gasteiger partial charge is 0.341 e. The highest BCUT2D eigenvalue weighted by molar-refractivity contribution is 7.90. The van der Waals surface area contributed by atoms with Gasteiger partial charge >= 0.3 is 5.97 Å². The fourth-order valence-corrected chi connectivity index (χ4v) is 3.59. The van der Waals surface area contributed by atoms with Crippen molar-refractivity contribution in [1.82, 2.24) is 4.90 Å². The zero-order valence-electron chi connectivity index (χ0n) is 15.3. The Morgan fingerprint density at radius 2 is 1.85 bits per heavy atom. The van der Waals surface area contributed by atoms with E-state index >= 15 is 0 Å². The van der Waals surface area contributed by atoms with Crippen molar-refractivity contribution >= 4 is 21.7 Å². The van der Waals surface area contributed by atoms with E-state index in [0.29, 0.717) is 22.6 Å². The van der Waals surface area contributed by atoms with Crippen molar-refractivity contribution in [2.45, 2.75) is 25.3 Å². The molecule has 7 nitrogen and oxygen atoms in total. The van der Waals surface area contributed by atoms with E-state index in [0.717, 1.165) is 6.26 Å². The first-order valence-corrected chi connectivity index (χ1v) is 9.67. The van der Waals surface area contributed by atoms with Gasteiger partial charge in [0, 0.05) is 18.9 Å². The highest BCUT2D eigenvalue weighted by Crippen LogP contribution is 2.20. The number of nitrogens with zero attached hydrogens (tertiary/aromatic N) is 1. The quantitative estimate of drug-likeness (QED) is 0.740. The van der Waals surface area contributed by atoms with Crippen LogP contribution >= 0.6 is 0 Å². The number of hydrogen-bond acceptors (Lipinski definition) is 6. The number of rotatable bonds is 5. The molecule has 8 heteroatoms. The second-order valence-corrected chi connectivity index (χ2v) is 8.07. The topological polar surface area (TPSA) is 93.9 Å². The number of furan rings is 1. The van der Waals surface area contributed by atoms with Gasteiger partial charge in [-0.3, -0.25) is 4.79 Å². The number of ether oxygens (including phenoxy) is 1. The fraction of sp³-hybridized carbons (Fsp3) is 0.333. The Balaban J connectivity index is 2.24. The molecule has 0 unspecified atom stereocenters. The summed E-state index contributed by atoms with van der Waals surface area (Å²) in [5, 5.41) is 0. The first-order valence-electron chi connectivity index (χ1n) is 7.78. The predicted octanol–water partition coefficient (Wildman–Crippen LogP) is 2.36. The van der Waals surface area contributed by atoms with Crippen LogP contribution in [0.1, 0.15) is 37.8 Å². The number of amides is 1. The van der Waals surface area contributed by atoms with Crippen LogP contribution in [0.3, 0.4) is 0 Å². The molecule has 0 spiro atoms. The molecule has 140 valence electrons. The molecule has 0 saturated heterocycles. The van der Waals surface area contributed by atoms with Gasteiger partial charge in [-0.25, -0.2) is 13.2 Å². The molecule has 0 aliphatic rings. The first kappa shape index (κ1) is 19.7. The summed E-state index contributed by atoms with van der Waals surface area (Å²) in [6.07, 6.45) is 1.10. The summed E-state index contributed by atoms with van der Waals surface area (Å²) in [5.74, 6) is -0.0389. The normalized spacial score (nSPS) is 11.3. The molecule has 1 aromatic carbocycles. The van der Waals surface area contributed by atoms with Gasteiger partial charge in [0.05, 0.1) is 18.6 Å². The SMILES string of the molecule is COC(=O)c1cc(CN(C)C(=O)c2ccc(C)c(S(C)(=O)=O)c2)oc1C. The fourth-order valence-electron chi connectivity index (χ4n) is 2.59. The number of sulfone groups is 1. The van der Waals surface area contributed by atoms with Crippen molar-refractivity contribution in [1.29, 1.82) is 0 Å². The summed E-state index contributed by atoms with van der Waals surface area (Å²) in [5.41, 5.74) is 1.14. The predicted molar refractivity (Wildman–Crippen MR) is 94.9 cm³/mol. The van der Waals surface area contributed by atoms with Gasteiger partial charge in [-0.2, -0.15) is 0 Å². The molecular formula is C18H21NO6S. The molecule has 2 aromatic rings. The average molecular weight is 379 g/mol. The Kier molecular flexibility index (Phi) is 5.56. The minimum absolute atomic E-state index is 0.124. The van der Waals surface area contributed by atoms with Gasteiger partial charge in [0.25, 0.3) is 5.91 Å². The summed E-state index contributed by atoms with van der Waals surface area (Å²) in [6.45, 7) is 3.43. The largest absolute Gasteiger partial charge is 0.465 e. The zero-order valence-corrected chi connectivity index (χ0v) is 16.1. The number of benzene rings is 1. The molecule has 26 heavy (non-hydrogen) atoms. The van der Waals surface area contributed by atoms with Crippen molar-refractivity contribution < 1.29 is 27.2 Å². The lowest BCUT2D eigenvalue weighted by atomic mass is 10.1. The van der Waals surface area contributed by atoms with Gasteiger partial charge in [-0.15, -0.1) is 0 Å². The second kappa shape index (κ2) is 7.33. The lowest BCUT2D eigenvalue weighted by molar-refractivity contribution is 0.0598. The molecule has 0 aliphatic carbocycles. The number of aryl methyl sites for hydroxylation is 2. The Bertz CT molecular complexity index is 958. The number of esters is 1. The van der Waals surface area contributed by atoms with Crippen molar-refractivity contribution in [3.8, 4) is 0 Å². The lowest BCUT2D eigenvalue weighted by Gasteiger charge is -2.16. The minimum Gasteiger partial charge on any atom is -0.465 e. The molecule has 0 N–H and O–H groups in total. The zero-order chi connectivity index (χ0) is 19.6. The maximum atomic E-state index is 12.6. The molecule has 0 aliphatic heterocycles. The van der Waals surface area contributed by atoms with Crippen LogP contribution in [-0.2, 0) is 21.1 Å². The van der Waals surface area contributed by atoms with E-state index in [2.05, 4.69) is 4.74 Å². The standard InChI is InChI=1S/C18H21NO6S/c1-11-6-7-13(8-16(11)26(5,22)23)17(20)19(3)10-14-9-15(12(2)25-14)18(21)24-4/h6-9H,10H2,1-5H3. The summed E-state index contributed by atoms with van der Waals surface area (Å²) in [4.78, 5) is 25.8. The summed E-state index contributed by atoms with van der Waals surface area (Å²) >= 11 is 0. The van der Waals surface area contributed by atoms with Crippen LogP contribution in [0, 0.1) is 13.8 Å². The number of carbonyl (C=O) groups excluding carboxylic acids is 2. The van der Waals surface area contributed by atoms with E-state index in [-0.39, 0.29) is 22.9 Å². The highest BCUT2D eigenvalue weighted by atomic mass is 32.2. The molecule has 0 radical (unpaired) electrons. The third-order valence-corrected chi connectivity index (χ3v) is 5.19. The Morgan fingerprint density at radius 3 is 2.42 bits per heavy atom. The number of carbonyl (C=O) groups is 2.